The van der Waals surface area contributed by atoms with Gasteiger partial charge in [0.25, 0.3) is 5.76 Å². The average Bonchev–Trinajstić information content (AvgIpc) is 3.02. The molecule has 0 saturated heterocycles. The maximum Gasteiger partial charge on any atom is 0.291 e. The van der Waals surface area contributed by atoms with E-state index in [0.717, 1.165) is 0 Å². The minimum atomic E-state index is -2.65. The van der Waals surface area contributed by atoms with Crippen LogP contribution in [0.15, 0.2) is 47.6 Å². The molecule has 2 N–H and O–H groups in total. The van der Waals surface area contributed by atoms with Crippen LogP contribution in [0.25, 0.3) is 11.0 Å². The van der Waals surface area contributed by atoms with Gasteiger partial charge in [0.2, 0.25) is 5.91 Å². The molecule has 2 aromatic carbocycles. The van der Waals surface area contributed by atoms with Gasteiger partial charge < -0.3 is 15.2 Å². The SMILES string of the molecule is N#Cc1c(F)cccc1NCCNC(=O)Cn1c(SC(F)F)nc2ccccc21. The van der Waals surface area contributed by atoms with Crippen LogP contribution in [-0.4, -0.2) is 34.3 Å². The van der Waals surface area contributed by atoms with E-state index >= 15 is 0 Å². The van der Waals surface area contributed by atoms with E-state index in [9.17, 15) is 18.0 Å². The number of thioether (sulfide) groups is 1. The number of hydrogen-bond donors (Lipinski definition) is 2. The molecule has 0 bridgehead atoms. The molecule has 3 aromatic rings. The molecular formula is C19H16F3N5OS. The van der Waals surface area contributed by atoms with Crippen molar-refractivity contribution in [3.05, 3.63) is 53.8 Å². The summed E-state index contributed by atoms with van der Waals surface area (Å²) in [5, 5.41) is 14.6. The molecule has 3 rings (SSSR count). The van der Waals surface area contributed by atoms with Crippen molar-refractivity contribution in [2.45, 2.75) is 17.5 Å². The van der Waals surface area contributed by atoms with Gasteiger partial charge >= 0.3 is 0 Å². The Kier molecular flexibility index (Phi) is 6.61. The lowest BCUT2D eigenvalue weighted by Gasteiger charge is -2.11. The summed E-state index contributed by atoms with van der Waals surface area (Å²) < 4.78 is 40.6. The first-order valence-electron chi connectivity index (χ1n) is 8.59. The van der Waals surface area contributed by atoms with Crippen LogP contribution in [-0.2, 0) is 11.3 Å². The minimum Gasteiger partial charge on any atom is -0.382 e. The Morgan fingerprint density at radius 3 is 2.76 bits per heavy atom. The Morgan fingerprint density at radius 1 is 1.21 bits per heavy atom. The van der Waals surface area contributed by atoms with Crippen LogP contribution in [0.4, 0.5) is 18.9 Å². The predicted molar refractivity (Wildman–Crippen MR) is 104 cm³/mol. The van der Waals surface area contributed by atoms with Gasteiger partial charge in [0, 0.05) is 13.1 Å². The van der Waals surface area contributed by atoms with Crippen LogP contribution in [0.3, 0.4) is 0 Å². The van der Waals surface area contributed by atoms with E-state index in [2.05, 4.69) is 15.6 Å². The molecule has 0 fully saturated rings. The maximum atomic E-state index is 13.6. The highest BCUT2D eigenvalue weighted by atomic mass is 32.2. The minimum absolute atomic E-state index is 0.0629. The van der Waals surface area contributed by atoms with E-state index in [1.807, 2.05) is 0 Å². The van der Waals surface area contributed by atoms with Gasteiger partial charge in [-0.25, -0.2) is 9.37 Å². The van der Waals surface area contributed by atoms with Crippen molar-refractivity contribution < 1.29 is 18.0 Å². The second kappa shape index (κ2) is 9.34. The van der Waals surface area contributed by atoms with Gasteiger partial charge in [-0.3, -0.25) is 4.79 Å². The van der Waals surface area contributed by atoms with Gasteiger partial charge in [-0.1, -0.05) is 18.2 Å². The summed E-state index contributed by atoms with van der Waals surface area (Å²) in [6, 6.07) is 12.9. The highest BCUT2D eigenvalue weighted by Crippen LogP contribution is 2.28. The van der Waals surface area contributed by atoms with Gasteiger partial charge in [0.1, 0.15) is 24.0 Å². The van der Waals surface area contributed by atoms with E-state index in [4.69, 9.17) is 5.26 Å². The smallest absolute Gasteiger partial charge is 0.291 e. The van der Waals surface area contributed by atoms with Crippen molar-refractivity contribution in [3.63, 3.8) is 0 Å². The second-order valence-electron chi connectivity index (χ2n) is 5.90. The molecule has 6 nitrogen and oxygen atoms in total. The molecule has 0 aliphatic heterocycles. The number of nitrogens with zero attached hydrogens (tertiary/aromatic N) is 3. The Labute approximate surface area is 168 Å². The van der Waals surface area contributed by atoms with Gasteiger partial charge in [0.15, 0.2) is 5.16 Å². The topological polar surface area (TPSA) is 82.7 Å². The lowest BCUT2D eigenvalue weighted by Crippen LogP contribution is -2.32. The van der Waals surface area contributed by atoms with E-state index in [-0.39, 0.29) is 48.0 Å². The third-order valence-electron chi connectivity index (χ3n) is 4.00. The molecule has 0 spiro atoms. The summed E-state index contributed by atoms with van der Waals surface area (Å²) >= 11 is 0.284. The van der Waals surface area contributed by atoms with Crippen LogP contribution in [0.2, 0.25) is 0 Å². The fourth-order valence-corrected chi connectivity index (χ4v) is 3.36. The number of carbonyl (C=O) groups excluding carboxylic acids is 1. The number of benzene rings is 2. The van der Waals surface area contributed by atoms with Crippen LogP contribution >= 0.6 is 11.8 Å². The van der Waals surface area contributed by atoms with Gasteiger partial charge in [-0.05, 0) is 36.0 Å². The highest BCUT2D eigenvalue weighted by Gasteiger charge is 2.17. The van der Waals surface area contributed by atoms with Gasteiger partial charge in [0.05, 0.1) is 16.7 Å². The number of alkyl halides is 2. The first-order valence-corrected chi connectivity index (χ1v) is 9.47. The molecule has 0 aliphatic carbocycles. The molecule has 1 heterocycles. The van der Waals surface area contributed by atoms with E-state index in [1.54, 1.807) is 36.4 Å². The number of carbonyl (C=O) groups is 1. The summed E-state index contributed by atoms with van der Waals surface area (Å²) in [6.07, 6.45) is 0. The third-order valence-corrected chi connectivity index (χ3v) is 4.70. The molecule has 1 amide bonds. The third kappa shape index (κ3) is 5.00. The molecular weight excluding hydrogens is 403 g/mol. The fraction of sp³-hybridized carbons (Fsp3) is 0.211. The predicted octanol–water partition coefficient (Wildman–Crippen LogP) is 3.59. The van der Waals surface area contributed by atoms with E-state index in [1.165, 1.54) is 16.7 Å². The normalized spacial score (nSPS) is 10.9. The number of para-hydroxylation sites is 2. The van der Waals surface area contributed by atoms with Crippen LogP contribution in [0.5, 0.6) is 0 Å². The summed E-state index contributed by atoms with van der Waals surface area (Å²) in [6.45, 7) is 0.288. The van der Waals surface area contributed by atoms with Crippen molar-refractivity contribution in [2.24, 2.45) is 0 Å². The van der Waals surface area contributed by atoms with Gasteiger partial charge in [-0.2, -0.15) is 14.0 Å². The summed E-state index contributed by atoms with van der Waals surface area (Å²) in [7, 11) is 0. The lowest BCUT2D eigenvalue weighted by molar-refractivity contribution is -0.121. The number of imidazole rings is 1. The lowest BCUT2D eigenvalue weighted by atomic mass is 10.2. The Balaban J connectivity index is 1.60. The number of fused-ring (bicyclic) bond motifs is 1. The number of nitrogens with one attached hydrogen (secondary N) is 2. The Bertz CT molecular complexity index is 1060. The number of aromatic nitrogens is 2. The van der Waals surface area contributed by atoms with Crippen molar-refractivity contribution in [1.82, 2.24) is 14.9 Å². The molecule has 0 saturated carbocycles. The van der Waals surface area contributed by atoms with Crippen molar-refractivity contribution in [2.75, 3.05) is 18.4 Å². The quantitative estimate of drug-likeness (QED) is 0.431. The Hall–Kier alpha value is -3.19. The summed E-state index contributed by atoms with van der Waals surface area (Å²) in [5.74, 6) is -3.66. The number of halogens is 3. The average molecular weight is 419 g/mol. The second-order valence-corrected chi connectivity index (χ2v) is 6.86. The molecule has 150 valence electrons. The summed E-state index contributed by atoms with van der Waals surface area (Å²) in [5.41, 5.74) is 1.35. The van der Waals surface area contributed by atoms with Crippen LogP contribution in [0.1, 0.15) is 5.56 Å². The number of hydrogen-bond acceptors (Lipinski definition) is 5. The molecule has 1 aromatic heterocycles. The molecule has 0 unspecified atom stereocenters. The van der Waals surface area contributed by atoms with E-state index < -0.39 is 11.6 Å². The molecule has 0 atom stereocenters. The monoisotopic (exact) mass is 419 g/mol. The molecule has 0 radical (unpaired) electrons. The zero-order chi connectivity index (χ0) is 20.8. The van der Waals surface area contributed by atoms with Gasteiger partial charge in [-0.15, -0.1) is 0 Å². The van der Waals surface area contributed by atoms with Crippen molar-refractivity contribution in [3.8, 4) is 6.07 Å². The maximum absolute atomic E-state index is 13.6. The highest BCUT2D eigenvalue weighted by molar-refractivity contribution is 7.99. The number of amides is 1. The van der Waals surface area contributed by atoms with E-state index in [0.29, 0.717) is 16.7 Å². The molecule has 10 heteroatoms. The largest absolute Gasteiger partial charge is 0.382 e. The van der Waals surface area contributed by atoms with Crippen LogP contribution in [0, 0.1) is 17.1 Å². The zero-order valence-electron chi connectivity index (χ0n) is 15.0. The standard InChI is InChI=1S/C19H16F3N5OS/c20-13-4-3-6-14(12(13)10-23)24-8-9-25-17(28)11-27-16-7-2-1-5-15(16)26-19(27)29-18(21)22/h1-7,18,24H,8-9,11H2,(H,25,28). The first kappa shape index (κ1) is 20.5. The number of anilines is 1. The molecule has 29 heavy (non-hydrogen) atoms. The number of rotatable bonds is 8. The Morgan fingerprint density at radius 2 is 2.00 bits per heavy atom. The fourth-order valence-electron chi connectivity index (χ4n) is 2.76. The summed E-state index contributed by atoms with van der Waals surface area (Å²) in [4.78, 5) is 16.4. The van der Waals surface area contributed by atoms with Crippen LogP contribution < -0.4 is 10.6 Å². The zero-order valence-corrected chi connectivity index (χ0v) is 15.8. The molecule has 0 aliphatic rings. The van der Waals surface area contributed by atoms with Crippen molar-refractivity contribution in [1.29, 1.82) is 5.26 Å². The number of nitriles is 1. The first-order chi connectivity index (χ1) is 14.0. The van der Waals surface area contributed by atoms with Crippen molar-refractivity contribution >= 4 is 34.4 Å².